The molecule has 0 amide bonds. The molecule has 2 aliphatic heterocycles. The topological polar surface area (TPSA) is 66.3 Å². The van der Waals surface area contributed by atoms with E-state index >= 15 is 0 Å². The minimum Gasteiger partial charge on any atom is -0.391 e. The van der Waals surface area contributed by atoms with Gasteiger partial charge in [-0.15, -0.1) is 24.0 Å². The Kier molecular flexibility index (Phi) is 10.3. The summed E-state index contributed by atoms with van der Waals surface area (Å²) in [4.78, 5) is 6.74. The van der Waals surface area contributed by atoms with Crippen LogP contribution in [0, 0.1) is 5.92 Å². The van der Waals surface area contributed by atoms with Crippen LogP contribution in [-0.4, -0.2) is 74.7 Å². The van der Waals surface area contributed by atoms with Crippen molar-refractivity contribution < 1.29 is 14.6 Å². The van der Waals surface area contributed by atoms with Gasteiger partial charge in [0.05, 0.1) is 19.3 Å². The number of nitrogens with one attached hydrogen (secondary N) is 1. The summed E-state index contributed by atoms with van der Waals surface area (Å²) < 4.78 is 11.0. The molecule has 2 heterocycles. The van der Waals surface area contributed by atoms with Crippen molar-refractivity contribution in [2.45, 2.75) is 32.3 Å². The molecule has 1 unspecified atom stereocenters. The van der Waals surface area contributed by atoms with Crippen LogP contribution >= 0.6 is 24.0 Å². The quantitative estimate of drug-likeness (QED) is 0.276. The number of aliphatic imine (C=N–C) groups is 1. The van der Waals surface area contributed by atoms with Crippen molar-refractivity contribution in [3.8, 4) is 0 Å². The van der Waals surface area contributed by atoms with Crippen molar-refractivity contribution in [3.05, 3.63) is 0 Å². The predicted octanol–water partition coefficient (Wildman–Crippen LogP) is 1.08. The van der Waals surface area contributed by atoms with Crippen molar-refractivity contribution in [2.24, 2.45) is 10.9 Å². The van der Waals surface area contributed by atoms with Gasteiger partial charge >= 0.3 is 0 Å². The number of rotatable bonds is 7. The van der Waals surface area contributed by atoms with Crippen LogP contribution in [0.25, 0.3) is 0 Å². The van der Waals surface area contributed by atoms with Gasteiger partial charge in [0.25, 0.3) is 0 Å². The summed E-state index contributed by atoms with van der Waals surface area (Å²) in [5.74, 6) is 1.50. The van der Waals surface area contributed by atoms with Crippen molar-refractivity contribution in [3.63, 3.8) is 0 Å². The molecule has 130 valence electrons. The first-order valence-electron chi connectivity index (χ1n) is 8.16. The molecule has 2 atom stereocenters. The molecule has 0 bridgehead atoms. The lowest BCUT2D eigenvalue weighted by molar-refractivity contribution is 0.0893. The first-order valence-corrected chi connectivity index (χ1v) is 8.16. The third-order valence-electron chi connectivity index (χ3n) is 3.88. The standard InChI is InChI=1S/C15H29N3O3.HI/c1-2-16-15(18-7-4-14(19)10-18)17-6-3-8-20-11-13-5-9-21-12-13;/h13-14,19H,2-12H2,1H3,(H,16,17);1H/t13?,14-;/m1./s1. The van der Waals surface area contributed by atoms with Gasteiger partial charge in [-0.1, -0.05) is 0 Å². The Bertz CT molecular complexity index is 325. The highest BCUT2D eigenvalue weighted by Crippen LogP contribution is 2.12. The van der Waals surface area contributed by atoms with Crippen molar-refractivity contribution >= 4 is 29.9 Å². The van der Waals surface area contributed by atoms with Gasteiger partial charge in [0.2, 0.25) is 0 Å². The third-order valence-corrected chi connectivity index (χ3v) is 3.88. The zero-order valence-corrected chi connectivity index (χ0v) is 15.8. The van der Waals surface area contributed by atoms with Gasteiger partial charge in [-0.05, 0) is 26.2 Å². The molecule has 2 fully saturated rings. The Balaban J connectivity index is 0.00000242. The normalized spacial score (nSPS) is 25.4. The minimum atomic E-state index is -0.217. The first-order chi connectivity index (χ1) is 10.3. The van der Waals surface area contributed by atoms with Crippen LogP contribution in [-0.2, 0) is 9.47 Å². The van der Waals surface area contributed by atoms with Gasteiger partial charge < -0.3 is 24.8 Å². The fourth-order valence-corrected chi connectivity index (χ4v) is 2.68. The highest BCUT2D eigenvalue weighted by atomic mass is 127. The Hall–Kier alpha value is -0.120. The molecule has 7 heteroatoms. The van der Waals surface area contributed by atoms with Gasteiger partial charge in [0, 0.05) is 45.3 Å². The Morgan fingerprint density at radius 3 is 2.95 bits per heavy atom. The summed E-state index contributed by atoms with van der Waals surface area (Å²) in [7, 11) is 0. The Morgan fingerprint density at radius 2 is 2.32 bits per heavy atom. The van der Waals surface area contributed by atoms with Crippen molar-refractivity contribution in [1.82, 2.24) is 10.2 Å². The zero-order chi connectivity index (χ0) is 14.9. The highest BCUT2D eigenvalue weighted by Gasteiger charge is 2.22. The summed E-state index contributed by atoms with van der Waals surface area (Å²) in [5.41, 5.74) is 0. The van der Waals surface area contributed by atoms with Crippen LogP contribution in [0.4, 0.5) is 0 Å². The number of likely N-dealkylation sites (tertiary alicyclic amines) is 1. The van der Waals surface area contributed by atoms with Crippen LogP contribution in [0.15, 0.2) is 4.99 Å². The average Bonchev–Trinajstić information content (AvgIpc) is 3.13. The average molecular weight is 427 g/mol. The van der Waals surface area contributed by atoms with Gasteiger partial charge in [0.1, 0.15) is 0 Å². The van der Waals surface area contributed by atoms with Crippen molar-refractivity contribution in [2.75, 3.05) is 52.6 Å². The fourth-order valence-electron chi connectivity index (χ4n) is 2.68. The number of aliphatic hydroxyl groups is 1. The molecule has 0 aromatic carbocycles. The molecule has 0 saturated carbocycles. The number of halogens is 1. The summed E-state index contributed by atoms with van der Waals surface area (Å²) in [5, 5.41) is 12.9. The van der Waals surface area contributed by atoms with E-state index in [2.05, 4.69) is 22.1 Å². The fraction of sp³-hybridized carbons (Fsp3) is 0.933. The van der Waals surface area contributed by atoms with Crippen LogP contribution in [0.5, 0.6) is 0 Å². The largest absolute Gasteiger partial charge is 0.391 e. The molecule has 0 aliphatic carbocycles. The summed E-state index contributed by atoms with van der Waals surface area (Å²) in [6, 6.07) is 0. The van der Waals surface area contributed by atoms with Gasteiger partial charge in [-0.2, -0.15) is 0 Å². The maximum atomic E-state index is 9.61. The number of guanidine groups is 1. The smallest absolute Gasteiger partial charge is 0.194 e. The van der Waals surface area contributed by atoms with Crippen LogP contribution in [0.1, 0.15) is 26.2 Å². The lowest BCUT2D eigenvalue weighted by Gasteiger charge is -2.20. The van der Waals surface area contributed by atoms with Gasteiger partial charge in [-0.3, -0.25) is 4.99 Å². The molecule has 2 saturated heterocycles. The van der Waals surface area contributed by atoms with Gasteiger partial charge in [-0.25, -0.2) is 0 Å². The van der Waals surface area contributed by atoms with E-state index in [-0.39, 0.29) is 30.1 Å². The zero-order valence-electron chi connectivity index (χ0n) is 13.5. The van der Waals surface area contributed by atoms with E-state index in [9.17, 15) is 5.11 Å². The second-order valence-corrected chi connectivity index (χ2v) is 5.78. The van der Waals surface area contributed by atoms with Crippen LogP contribution in [0.3, 0.4) is 0 Å². The lowest BCUT2D eigenvalue weighted by atomic mass is 10.1. The SMILES string of the molecule is CCNC(=NCCCOCC1CCOC1)N1CC[C@@H](O)C1.I. The first kappa shape index (κ1) is 19.9. The van der Waals surface area contributed by atoms with E-state index in [0.29, 0.717) is 12.5 Å². The molecule has 6 nitrogen and oxygen atoms in total. The van der Waals surface area contributed by atoms with E-state index in [0.717, 1.165) is 71.3 Å². The number of ether oxygens (including phenoxy) is 2. The maximum absolute atomic E-state index is 9.61. The molecule has 0 aromatic heterocycles. The predicted molar refractivity (Wildman–Crippen MR) is 98.0 cm³/mol. The number of hydrogen-bond donors (Lipinski definition) is 2. The number of β-amino-alcohol motifs (C(OH)–C–C–N with tert-alkyl or cyclic N) is 1. The van der Waals surface area contributed by atoms with E-state index in [1.54, 1.807) is 0 Å². The van der Waals surface area contributed by atoms with E-state index in [1.807, 2.05) is 0 Å². The number of nitrogens with zero attached hydrogens (tertiary/aromatic N) is 2. The number of hydrogen-bond acceptors (Lipinski definition) is 4. The minimum absolute atomic E-state index is 0. The lowest BCUT2D eigenvalue weighted by Crippen LogP contribution is -2.40. The molecule has 0 spiro atoms. The summed E-state index contributed by atoms with van der Waals surface area (Å²) in [6.07, 6.45) is 2.67. The Labute approximate surface area is 150 Å². The highest BCUT2D eigenvalue weighted by molar-refractivity contribution is 14.0. The maximum Gasteiger partial charge on any atom is 0.194 e. The molecule has 22 heavy (non-hydrogen) atoms. The molecule has 0 aromatic rings. The second kappa shape index (κ2) is 11.4. The molecule has 0 radical (unpaired) electrons. The van der Waals surface area contributed by atoms with Crippen LogP contribution in [0.2, 0.25) is 0 Å². The van der Waals surface area contributed by atoms with Crippen molar-refractivity contribution in [1.29, 1.82) is 0 Å². The third kappa shape index (κ3) is 6.97. The van der Waals surface area contributed by atoms with Gasteiger partial charge in [0.15, 0.2) is 5.96 Å². The van der Waals surface area contributed by atoms with E-state index in [1.165, 1.54) is 0 Å². The molecule has 2 N–H and O–H groups in total. The Morgan fingerprint density at radius 1 is 1.45 bits per heavy atom. The molecule has 2 aliphatic rings. The molecular formula is C15H30IN3O3. The second-order valence-electron chi connectivity index (χ2n) is 5.78. The van der Waals surface area contributed by atoms with E-state index in [4.69, 9.17) is 9.47 Å². The summed E-state index contributed by atoms with van der Waals surface area (Å²) >= 11 is 0. The molecule has 2 rings (SSSR count). The summed E-state index contributed by atoms with van der Waals surface area (Å²) in [6.45, 7) is 8.53. The monoisotopic (exact) mass is 427 g/mol. The van der Waals surface area contributed by atoms with Crippen LogP contribution < -0.4 is 5.32 Å². The molecular weight excluding hydrogens is 397 g/mol. The number of aliphatic hydroxyl groups excluding tert-OH is 1. The van der Waals surface area contributed by atoms with E-state index < -0.39 is 0 Å².